The minimum atomic E-state index is -0.428. The molecule has 132 valence electrons. The van der Waals surface area contributed by atoms with Gasteiger partial charge in [-0.1, -0.05) is 29.5 Å². The quantitative estimate of drug-likeness (QED) is 0.749. The lowest BCUT2D eigenvalue weighted by Gasteiger charge is -2.36. The molecule has 4 rings (SSSR count). The van der Waals surface area contributed by atoms with Crippen molar-refractivity contribution in [3.63, 3.8) is 0 Å². The molecule has 0 amide bonds. The lowest BCUT2D eigenvalue weighted by atomic mass is 9.99. The lowest BCUT2D eigenvalue weighted by Crippen LogP contribution is -2.39. The number of nitrogens with zero attached hydrogens (tertiary/aromatic N) is 4. The topological polar surface area (TPSA) is 73.9 Å². The van der Waals surface area contributed by atoms with Gasteiger partial charge in [0, 0.05) is 18.7 Å². The first-order chi connectivity index (χ1) is 12.0. The van der Waals surface area contributed by atoms with Crippen LogP contribution in [-0.2, 0) is 0 Å². The fourth-order valence-electron chi connectivity index (χ4n) is 3.37. The number of aromatic nitrogens is 3. The van der Waals surface area contributed by atoms with E-state index in [9.17, 15) is 14.6 Å². The molecule has 8 heteroatoms. The summed E-state index contributed by atoms with van der Waals surface area (Å²) >= 11 is 1.32. The molecule has 1 aliphatic heterocycles. The third-order valence-corrected chi connectivity index (χ3v) is 5.69. The molecule has 1 aliphatic rings. The Morgan fingerprint density at radius 2 is 2.00 bits per heavy atom. The number of aliphatic hydroxyl groups is 1. The highest BCUT2D eigenvalue weighted by Gasteiger charge is 2.33. The predicted octanol–water partition coefficient (Wildman–Crippen LogP) is 2.49. The number of hydrogen-bond acceptors (Lipinski definition) is 6. The van der Waals surface area contributed by atoms with Gasteiger partial charge in [-0.15, -0.1) is 5.10 Å². The molecule has 0 bridgehead atoms. The summed E-state index contributed by atoms with van der Waals surface area (Å²) in [6.07, 6.45) is 0.938. The number of aryl methyl sites for hydroxylation is 1. The number of halogens is 1. The number of fused-ring (bicyclic) bond motifs is 1. The molecular formula is C17H19FN4O2S. The Morgan fingerprint density at radius 3 is 2.68 bits per heavy atom. The fourth-order valence-corrected chi connectivity index (χ4v) is 4.52. The predicted molar refractivity (Wildman–Crippen MR) is 92.3 cm³/mol. The van der Waals surface area contributed by atoms with Crippen LogP contribution in [0.15, 0.2) is 24.3 Å². The first-order valence-corrected chi connectivity index (χ1v) is 9.08. The molecule has 3 heterocycles. The van der Waals surface area contributed by atoms with Gasteiger partial charge in [-0.05, 0) is 25.8 Å². The number of aliphatic hydroxyl groups excluding tert-OH is 1. The van der Waals surface area contributed by atoms with Crippen molar-refractivity contribution in [2.24, 2.45) is 0 Å². The van der Waals surface area contributed by atoms with E-state index in [-0.39, 0.29) is 17.8 Å². The molecule has 0 spiro atoms. The molecule has 2 aromatic heterocycles. The summed E-state index contributed by atoms with van der Waals surface area (Å²) in [5, 5.41) is 24.7. The second-order valence-electron chi connectivity index (χ2n) is 6.33. The van der Waals surface area contributed by atoms with E-state index in [4.69, 9.17) is 0 Å². The monoisotopic (exact) mass is 362 g/mol. The van der Waals surface area contributed by atoms with Crippen LogP contribution in [0.5, 0.6) is 5.88 Å². The highest BCUT2D eigenvalue weighted by atomic mass is 32.1. The van der Waals surface area contributed by atoms with E-state index in [1.807, 2.05) is 0 Å². The molecule has 1 unspecified atom stereocenters. The summed E-state index contributed by atoms with van der Waals surface area (Å²) in [5.41, 5.74) is 0.510. The van der Waals surface area contributed by atoms with Crippen molar-refractivity contribution < 1.29 is 14.6 Å². The van der Waals surface area contributed by atoms with E-state index < -0.39 is 6.04 Å². The summed E-state index contributed by atoms with van der Waals surface area (Å²) < 4.78 is 15.9. The van der Waals surface area contributed by atoms with Crippen molar-refractivity contribution in [2.75, 3.05) is 13.1 Å². The number of rotatable bonds is 3. The van der Waals surface area contributed by atoms with Crippen molar-refractivity contribution in [2.45, 2.75) is 31.9 Å². The second-order valence-corrected chi connectivity index (χ2v) is 7.34. The molecule has 1 aromatic carbocycles. The smallest absolute Gasteiger partial charge is 0.230 e. The lowest BCUT2D eigenvalue weighted by molar-refractivity contribution is 0.0683. The average molecular weight is 362 g/mol. The molecule has 3 aromatic rings. The van der Waals surface area contributed by atoms with E-state index in [2.05, 4.69) is 15.0 Å². The van der Waals surface area contributed by atoms with Gasteiger partial charge in [0.1, 0.15) is 11.6 Å². The van der Waals surface area contributed by atoms with Gasteiger partial charge in [-0.3, -0.25) is 4.90 Å². The zero-order chi connectivity index (χ0) is 17.6. The minimum absolute atomic E-state index is 0.0000231. The maximum Gasteiger partial charge on any atom is 0.230 e. The van der Waals surface area contributed by atoms with E-state index >= 15 is 0 Å². The summed E-state index contributed by atoms with van der Waals surface area (Å²) in [6.45, 7) is 3.03. The Labute approximate surface area is 148 Å². The van der Waals surface area contributed by atoms with E-state index in [0.29, 0.717) is 47.2 Å². The number of likely N-dealkylation sites (tertiary alicyclic amines) is 1. The third kappa shape index (κ3) is 2.90. The van der Waals surface area contributed by atoms with Crippen molar-refractivity contribution in [1.29, 1.82) is 0 Å². The Hall–Kier alpha value is -2.03. The maximum atomic E-state index is 14.5. The normalized spacial score (nSPS) is 18.0. The summed E-state index contributed by atoms with van der Waals surface area (Å²) in [5.74, 6) is 0.268. The molecule has 6 nitrogen and oxygen atoms in total. The maximum absolute atomic E-state index is 14.5. The van der Waals surface area contributed by atoms with Crippen LogP contribution in [0, 0.1) is 12.7 Å². The zero-order valence-corrected chi connectivity index (χ0v) is 14.6. The van der Waals surface area contributed by atoms with Crippen LogP contribution in [-0.4, -0.2) is 48.9 Å². The summed E-state index contributed by atoms with van der Waals surface area (Å²) in [7, 11) is 0. The fraction of sp³-hybridized carbons (Fsp3) is 0.412. The van der Waals surface area contributed by atoms with Gasteiger partial charge in [0.2, 0.25) is 10.8 Å². The number of benzene rings is 1. The number of hydrogen-bond donors (Lipinski definition) is 2. The second kappa shape index (κ2) is 6.36. The van der Waals surface area contributed by atoms with Crippen LogP contribution in [0.25, 0.3) is 4.96 Å². The standard InChI is InChI=1S/C17H19FN4O2S/c1-10-19-17-22(20-10)16(24)15(25-17)14(12-4-2-3-5-13(12)18)21-8-6-11(23)7-9-21/h2-5,11,14,23-24H,6-9H2,1H3. The van der Waals surface area contributed by atoms with Gasteiger partial charge in [0.15, 0.2) is 0 Å². The van der Waals surface area contributed by atoms with Gasteiger partial charge >= 0.3 is 0 Å². The number of aromatic hydroxyl groups is 1. The van der Waals surface area contributed by atoms with Gasteiger partial charge in [-0.2, -0.15) is 4.52 Å². The van der Waals surface area contributed by atoms with Crippen LogP contribution >= 0.6 is 11.3 Å². The van der Waals surface area contributed by atoms with Gasteiger partial charge < -0.3 is 10.2 Å². The van der Waals surface area contributed by atoms with Crippen molar-refractivity contribution in [3.8, 4) is 5.88 Å². The van der Waals surface area contributed by atoms with Crippen LogP contribution in [0.3, 0.4) is 0 Å². The third-order valence-electron chi connectivity index (χ3n) is 4.62. The summed E-state index contributed by atoms with van der Waals surface area (Å²) in [4.78, 5) is 7.62. The SMILES string of the molecule is Cc1nc2sc(C(c3ccccc3F)N3CCC(O)CC3)c(O)n2n1. The molecule has 0 radical (unpaired) electrons. The molecule has 1 atom stereocenters. The number of thiazole rings is 1. The number of piperidine rings is 1. The summed E-state index contributed by atoms with van der Waals surface area (Å²) in [6, 6.07) is 6.19. The molecule has 25 heavy (non-hydrogen) atoms. The Bertz CT molecular complexity index is 901. The Kier molecular flexibility index (Phi) is 4.18. The van der Waals surface area contributed by atoms with E-state index in [1.54, 1.807) is 25.1 Å². The highest BCUT2D eigenvalue weighted by Crippen LogP contribution is 2.41. The van der Waals surface area contributed by atoms with Crippen LogP contribution < -0.4 is 0 Å². The van der Waals surface area contributed by atoms with E-state index in [1.165, 1.54) is 21.9 Å². The van der Waals surface area contributed by atoms with Crippen molar-refractivity contribution >= 4 is 16.3 Å². The molecule has 1 saturated heterocycles. The molecule has 1 fully saturated rings. The average Bonchev–Trinajstić information content (AvgIpc) is 3.09. The van der Waals surface area contributed by atoms with Crippen LogP contribution in [0.4, 0.5) is 4.39 Å². The van der Waals surface area contributed by atoms with Crippen LogP contribution in [0.1, 0.15) is 35.1 Å². The van der Waals surface area contributed by atoms with Crippen LogP contribution in [0.2, 0.25) is 0 Å². The molecule has 2 N–H and O–H groups in total. The van der Waals surface area contributed by atoms with Crippen molar-refractivity contribution in [1.82, 2.24) is 19.5 Å². The van der Waals surface area contributed by atoms with Crippen molar-refractivity contribution in [3.05, 3.63) is 46.3 Å². The minimum Gasteiger partial charge on any atom is -0.492 e. The largest absolute Gasteiger partial charge is 0.492 e. The highest BCUT2D eigenvalue weighted by molar-refractivity contribution is 7.17. The molecule has 0 aliphatic carbocycles. The molecular weight excluding hydrogens is 343 g/mol. The first kappa shape index (κ1) is 16.4. The van der Waals surface area contributed by atoms with E-state index in [0.717, 1.165) is 0 Å². The molecule has 0 saturated carbocycles. The van der Waals surface area contributed by atoms with Gasteiger partial charge in [0.05, 0.1) is 17.0 Å². The van der Waals surface area contributed by atoms with Gasteiger partial charge in [-0.25, -0.2) is 9.37 Å². The Balaban J connectivity index is 1.83. The first-order valence-electron chi connectivity index (χ1n) is 8.26. The Morgan fingerprint density at radius 1 is 1.28 bits per heavy atom. The van der Waals surface area contributed by atoms with Gasteiger partial charge in [0.25, 0.3) is 0 Å². The zero-order valence-electron chi connectivity index (χ0n) is 13.8.